The maximum atomic E-state index is 11.9. The predicted octanol–water partition coefficient (Wildman–Crippen LogP) is 1.82. The molecule has 92 valence electrons. The lowest BCUT2D eigenvalue weighted by atomic mass is 9.74. The number of piperidine rings is 1. The number of amides is 1. The van der Waals surface area contributed by atoms with Gasteiger partial charge in [0.1, 0.15) is 0 Å². The molecule has 2 rings (SSSR count). The molecule has 0 unspecified atom stereocenters. The molecule has 2 aliphatic rings. The van der Waals surface area contributed by atoms with Crippen LogP contribution >= 0.6 is 0 Å². The molecule has 0 aromatic heterocycles. The van der Waals surface area contributed by atoms with Crippen LogP contribution in [0, 0.1) is 5.92 Å². The molecule has 1 aliphatic heterocycles. The standard InChI is InChI=1S/C13H24N2O/c1-2-13(6-3-7-13)15-12(16)10-11-4-8-14-9-5-11/h11,14H,2-10H2,1H3,(H,15,16). The number of hydrogen-bond donors (Lipinski definition) is 2. The van der Waals surface area contributed by atoms with Gasteiger partial charge in [0.15, 0.2) is 0 Å². The van der Waals surface area contributed by atoms with Crippen LogP contribution in [-0.2, 0) is 4.79 Å². The highest BCUT2D eigenvalue weighted by Gasteiger charge is 2.36. The van der Waals surface area contributed by atoms with E-state index in [1.807, 2.05) is 0 Å². The monoisotopic (exact) mass is 224 g/mol. The summed E-state index contributed by atoms with van der Waals surface area (Å²) in [6, 6.07) is 0. The summed E-state index contributed by atoms with van der Waals surface area (Å²) in [5, 5.41) is 6.61. The first kappa shape index (κ1) is 11.9. The van der Waals surface area contributed by atoms with Gasteiger partial charge < -0.3 is 10.6 Å². The van der Waals surface area contributed by atoms with E-state index < -0.39 is 0 Å². The van der Waals surface area contributed by atoms with Crippen LogP contribution in [0.5, 0.6) is 0 Å². The van der Waals surface area contributed by atoms with Crippen LogP contribution in [0.1, 0.15) is 51.9 Å². The van der Waals surface area contributed by atoms with Gasteiger partial charge in [-0.1, -0.05) is 6.92 Å². The van der Waals surface area contributed by atoms with Gasteiger partial charge in [0.05, 0.1) is 0 Å². The average molecular weight is 224 g/mol. The van der Waals surface area contributed by atoms with Crippen LogP contribution in [0.3, 0.4) is 0 Å². The van der Waals surface area contributed by atoms with Gasteiger partial charge >= 0.3 is 0 Å². The second kappa shape index (κ2) is 5.17. The minimum Gasteiger partial charge on any atom is -0.351 e. The maximum absolute atomic E-state index is 11.9. The molecule has 0 aromatic carbocycles. The van der Waals surface area contributed by atoms with Crippen LogP contribution in [0.4, 0.5) is 0 Å². The Morgan fingerprint density at radius 3 is 2.56 bits per heavy atom. The van der Waals surface area contributed by atoms with Crippen molar-refractivity contribution in [1.82, 2.24) is 10.6 Å². The summed E-state index contributed by atoms with van der Waals surface area (Å²) >= 11 is 0. The van der Waals surface area contributed by atoms with Crippen molar-refractivity contribution in [2.24, 2.45) is 5.92 Å². The molecule has 0 bridgehead atoms. The lowest BCUT2D eigenvalue weighted by molar-refractivity contribution is -0.125. The van der Waals surface area contributed by atoms with Gasteiger partial charge in [-0.15, -0.1) is 0 Å². The van der Waals surface area contributed by atoms with E-state index in [0.29, 0.717) is 5.92 Å². The summed E-state index contributed by atoms with van der Waals surface area (Å²) in [5.41, 5.74) is 0.171. The van der Waals surface area contributed by atoms with Crippen LogP contribution in [0.25, 0.3) is 0 Å². The highest BCUT2D eigenvalue weighted by Crippen LogP contribution is 2.34. The van der Waals surface area contributed by atoms with E-state index >= 15 is 0 Å². The Labute approximate surface area is 98.4 Å². The van der Waals surface area contributed by atoms with Gasteiger partial charge in [-0.3, -0.25) is 4.79 Å². The Morgan fingerprint density at radius 2 is 2.06 bits per heavy atom. The van der Waals surface area contributed by atoms with Crippen molar-refractivity contribution >= 4 is 5.91 Å². The van der Waals surface area contributed by atoms with E-state index in [-0.39, 0.29) is 11.4 Å². The van der Waals surface area contributed by atoms with E-state index in [9.17, 15) is 4.79 Å². The molecule has 3 heteroatoms. The van der Waals surface area contributed by atoms with E-state index in [1.165, 1.54) is 19.3 Å². The third-order valence-electron chi connectivity index (χ3n) is 4.32. The van der Waals surface area contributed by atoms with E-state index in [0.717, 1.165) is 38.8 Å². The zero-order chi connectivity index (χ0) is 11.4. The molecule has 0 spiro atoms. The molecule has 1 saturated carbocycles. The minimum absolute atomic E-state index is 0.171. The smallest absolute Gasteiger partial charge is 0.220 e. The van der Waals surface area contributed by atoms with Crippen LogP contribution < -0.4 is 10.6 Å². The topological polar surface area (TPSA) is 41.1 Å². The molecular formula is C13H24N2O. The fourth-order valence-corrected chi connectivity index (χ4v) is 2.87. The Hall–Kier alpha value is -0.570. The first-order valence-corrected chi connectivity index (χ1v) is 6.76. The molecule has 2 fully saturated rings. The number of hydrogen-bond acceptors (Lipinski definition) is 2. The molecular weight excluding hydrogens is 200 g/mol. The molecule has 2 N–H and O–H groups in total. The molecule has 1 saturated heterocycles. The van der Waals surface area contributed by atoms with Gasteiger partial charge in [0.2, 0.25) is 5.91 Å². The summed E-state index contributed by atoms with van der Waals surface area (Å²) < 4.78 is 0. The van der Waals surface area contributed by atoms with Crippen LogP contribution in [0.15, 0.2) is 0 Å². The van der Waals surface area contributed by atoms with Crippen molar-refractivity contribution in [3.63, 3.8) is 0 Å². The Bertz CT molecular complexity index is 237. The van der Waals surface area contributed by atoms with Crippen molar-refractivity contribution in [1.29, 1.82) is 0 Å². The SMILES string of the molecule is CCC1(NC(=O)CC2CCNCC2)CCC1. The Morgan fingerprint density at radius 1 is 1.38 bits per heavy atom. The highest BCUT2D eigenvalue weighted by atomic mass is 16.1. The average Bonchev–Trinajstić information content (AvgIpc) is 2.25. The number of rotatable bonds is 4. The first-order chi connectivity index (χ1) is 7.74. The van der Waals surface area contributed by atoms with Gasteiger partial charge in [0, 0.05) is 12.0 Å². The summed E-state index contributed by atoms with van der Waals surface area (Å²) in [4.78, 5) is 11.9. The zero-order valence-corrected chi connectivity index (χ0v) is 10.3. The molecule has 1 aliphatic carbocycles. The van der Waals surface area contributed by atoms with E-state index in [2.05, 4.69) is 17.6 Å². The maximum Gasteiger partial charge on any atom is 0.220 e. The van der Waals surface area contributed by atoms with Crippen molar-refractivity contribution in [2.75, 3.05) is 13.1 Å². The molecule has 0 radical (unpaired) electrons. The van der Waals surface area contributed by atoms with Gasteiger partial charge in [0.25, 0.3) is 0 Å². The molecule has 16 heavy (non-hydrogen) atoms. The third kappa shape index (κ3) is 2.76. The van der Waals surface area contributed by atoms with E-state index in [1.54, 1.807) is 0 Å². The van der Waals surface area contributed by atoms with Crippen molar-refractivity contribution in [2.45, 2.75) is 57.4 Å². The second-order valence-corrected chi connectivity index (χ2v) is 5.43. The van der Waals surface area contributed by atoms with Crippen molar-refractivity contribution < 1.29 is 4.79 Å². The Kier molecular flexibility index (Phi) is 3.85. The lowest BCUT2D eigenvalue weighted by Crippen LogP contribution is -2.53. The van der Waals surface area contributed by atoms with Crippen LogP contribution in [0.2, 0.25) is 0 Å². The molecule has 1 heterocycles. The largest absolute Gasteiger partial charge is 0.351 e. The third-order valence-corrected chi connectivity index (χ3v) is 4.32. The van der Waals surface area contributed by atoms with E-state index in [4.69, 9.17) is 0 Å². The van der Waals surface area contributed by atoms with Crippen molar-refractivity contribution in [3.8, 4) is 0 Å². The summed E-state index contributed by atoms with van der Waals surface area (Å²) in [7, 11) is 0. The molecule has 3 nitrogen and oxygen atoms in total. The summed E-state index contributed by atoms with van der Waals surface area (Å²) in [5.74, 6) is 0.892. The van der Waals surface area contributed by atoms with Gasteiger partial charge in [-0.05, 0) is 57.5 Å². The summed E-state index contributed by atoms with van der Waals surface area (Å²) in [6.07, 6.45) is 7.79. The normalized spacial score (nSPS) is 24.8. The number of carbonyl (C=O) groups is 1. The predicted molar refractivity (Wildman–Crippen MR) is 65.2 cm³/mol. The number of carbonyl (C=O) groups excluding carboxylic acids is 1. The van der Waals surface area contributed by atoms with Crippen molar-refractivity contribution in [3.05, 3.63) is 0 Å². The minimum atomic E-state index is 0.171. The lowest BCUT2D eigenvalue weighted by Gasteiger charge is -2.42. The van der Waals surface area contributed by atoms with Gasteiger partial charge in [-0.2, -0.15) is 0 Å². The van der Waals surface area contributed by atoms with Crippen LogP contribution in [-0.4, -0.2) is 24.5 Å². The van der Waals surface area contributed by atoms with Gasteiger partial charge in [-0.25, -0.2) is 0 Å². The summed E-state index contributed by atoms with van der Waals surface area (Å²) in [6.45, 7) is 4.34. The Balaban J connectivity index is 1.74. The fourth-order valence-electron chi connectivity index (χ4n) is 2.87. The molecule has 0 aromatic rings. The molecule has 1 amide bonds. The quantitative estimate of drug-likeness (QED) is 0.765. The first-order valence-electron chi connectivity index (χ1n) is 6.76. The second-order valence-electron chi connectivity index (χ2n) is 5.43. The molecule has 0 atom stereocenters. The highest BCUT2D eigenvalue weighted by molar-refractivity contribution is 5.77. The number of nitrogens with one attached hydrogen (secondary N) is 2. The zero-order valence-electron chi connectivity index (χ0n) is 10.3. The fraction of sp³-hybridized carbons (Fsp3) is 0.923.